The smallest absolute Gasteiger partial charge is 0.153 e. The third-order valence-electron chi connectivity index (χ3n) is 2.95. The lowest BCUT2D eigenvalue weighted by molar-refractivity contribution is -0.113. The van der Waals surface area contributed by atoms with E-state index in [-0.39, 0.29) is 6.10 Å². The van der Waals surface area contributed by atoms with E-state index in [0.717, 1.165) is 11.1 Å². The number of nitrogens with two attached hydrogens (primary N) is 1. The Morgan fingerprint density at radius 1 is 0.947 bits per heavy atom. The first-order valence-electron chi connectivity index (χ1n) is 6.32. The van der Waals surface area contributed by atoms with Crippen LogP contribution in [0.1, 0.15) is 29.7 Å². The Morgan fingerprint density at radius 2 is 1.42 bits per heavy atom. The van der Waals surface area contributed by atoms with Crippen LogP contribution >= 0.6 is 0 Å². The van der Waals surface area contributed by atoms with Crippen LogP contribution in [0.5, 0.6) is 0 Å². The van der Waals surface area contributed by atoms with Gasteiger partial charge in [0.2, 0.25) is 0 Å². The summed E-state index contributed by atoms with van der Waals surface area (Å²) in [6.07, 6.45) is -1.12. The highest BCUT2D eigenvalue weighted by atomic mass is 16.6. The maximum absolute atomic E-state index is 9.51. The van der Waals surface area contributed by atoms with Crippen molar-refractivity contribution in [2.75, 3.05) is 5.73 Å². The van der Waals surface area contributed by atoms with Gasteiger partial charge in [0.05, 0.1) is 0 Å². The number of aryl methyl sites for hydroxylation is 1. The van der Waals surface area contributed by atoms with Crippen molar-refractivity contribution in [3.8, 4) is 0 Å². The summed E-state index contributed by atoms with van der Waals surface area (Å²) in [4.78, 5) is 0. The van der Waals surface area contributed by atoms with E-state index in [1.165, 1.54) is 5.56 Å². The first-order valence-corrected chi connectivity index (χ1v) is 6.32. The Morgan fingerprint density at radius 3 is 1.89 bits per heavy atom. The van der Waals surface area contributed by atoms with E-state index in [0.29, 0.717) is 5.69 Å². The molecule has 19 heavy (non-hydrogen) atoms. The van der Waals surface area contributed by atoms with Gasteiger partial charge in [-0.2, -0.15) is 0 Å². The quantitative estimate of drug-likeness (QED) is 0.654. The molecular formula is C16H19NO2. The Labute approximate surface area is 113 Å². The van der Waals surface area contributed by atoms with Gasteiger partial charge in [-0.05, 0) is 37.1 Å². The highest BCUT2D eigenvalue weighted by Gasteiger charge is 2.16. The fourth-order valence-corrected chi connectivity index (χ4v) is 1.96. The predicted octanol–water partition coefficient (Wildman–Crippen LogP) is 3.02. The summed E-state index contributed by atoms with van der Waals surface area (Å²) in [6.45, 7) is 3.65. The van der Waals surface area contributed by atoms with E-state index >= 15 is 0 Å². The number of rotatable bonds is 4. The Bertz CT molecular complexity index is 472. The van der Waals surface area contributed by atoms with Crippen LogP contribution in [-0.4, -0.2) is 11.4 Å². The highest BCUT2D eigenvalue weighted by Crippen LogP contribution is 2.27. The van der Waals surface area contributed by atoms with Crippen LogP contribution < -0.4 is 5.73 Å². The number of benzene rings is 2. The number of hydrogen-bond acceptors (Lipinski definition) is 3. The van der Waals surface area contributed by atoms with Gasteiger partial charge in [0.1, 0.15) is 6.10 Å². The normalized spacial score (nSPS) is 14.1. The van der Waals surface area contributed by atoms with Gasteiger partial charge in [-0.3, -0.25) is 0 Å². The minimum Gasteiger partial charge on any atom is -0.399 e. The van der Waals surface area contributed by atoms with Gasteiger partial charge >= 0.3 is 0 Å². The van der Waals surface area contributed by atoms with E-state index in [4.69, 9.17) is 10.5 Å². The van der Waals surface area contributed by atoms with Crippen LogP contribution in [0.3, 0.4) is 0 Å². The van der Waals surface area contributed by atoms with Crippen LogP contribution in [0, 0.1) is 6.92 Å². The van der Waals surface area contributed by atoms with E-state index < -0.39 is 6.29 Å². The molecular weight excluding hydrogens is 238 g/mol. The van der Waals surface area contributed by atoms with Crippen molar-refractivity contribution in [1.82, 2.24) is 0 Å². The van der Waals surface area contributed by atoms with Crippen LogP contribution in [0.15, 0.2) is 48.5 Å². The highest BCUT2D eigenvalue weighted by molar-refractivity contribution is 5.42. The summed E-state index contributed by atoms with van der Waals surface area (Å²) >= 11 is 0. The molecule has 0 spiro atoms. The molecule has 0 aliphatic carbocycles. The van der Waals surface area contributed by atoms with Crippen LogP contribution in [-0.2, 0) is 4.74 Å². The summed E-state index contributed by atoms with van der Waals surface area (Å²) in [5, 5.41) is 9.51. The van der Waals surface area contributed by atoms with Gasteiger partial charge < -0.3 is 15.6 Å². The van der Waals surface area contributed by atoms with Crippen molar-refractivity contribution in [1.29, 1.82) is 0 Å². The zero-order chi connectivity index (χ0) is 13.8. The summed E-state index contributed by atoms with van der Waals surface area (Å²) in [6, 6.07) is 15.6. The topological polar surface area (TPSA) is 55.5 Å². The van der Waals surface area contributed by atoms with Crippen molar-refractivity contribution in [2.24, 2.45) is 0 Å². The van der Waals surface area contributed by atoms with E-state index in [2.05, 4.69) is 0 Å². The Balaban J connectivity index is 2.35. The lowest BCUT2D eigenvalue weighted by Gasteiger charge is -2.21. The van der Waals surface area contributed by atoms with Crippen molar-refractivity contribution in [3.63, 3.8) is 0 Å². The maximum atomic E-state index is 9.51. The molecule has 0 aliphatic heterocycles. The molecule has 100 valence electrons. The van der Waals surface area contributed by atoms with Crippen LogP contribution in [0.2, 0.25) is 0 Å². The molecule has 3 nitrogen and oxygen atoms in total. The average molecular weight is 257 g/mol. The fraction of sp³-hybridized carbons (Fsp3) is 0.250. The molecule has 2 unspecified atom stereocenters. The van der Waals surface area contributed by atoms with Gasteiger partial charge in [-0.25, -0.2) is 0 Å². The van der Waals surface area contributed by atoms with Gasteiger partial charge in [-0.1, -0.05) is 42.0 Å². The van der Waals surface area contributed by atoms with E-state index in [1.807, 2.05) is 55.5 Å². The fourth-order valence-electron chi connectivity index (χ4n) is 1.96. The van der Waals surface area contributed by atoms with Gasteiger partial charge in [-0.15, -0.1) is 0 Å². The van der Waals surface area contributed by atoms with Crippen LogP contribution in [0.25, 0.3) is 0 Å². The summed E-state index contributed by atoms with van der Waals surface area (Å²) in [5.41, 5.74) is 9.58. The molecule has 3 heteroatoms. The molecule has 2 rings (SSSR count). The number of anilines is 1. The van der Waals surface area contributed by atoms with Crippen molar-refractivity contribution in [2.45, 2.75) is 26.2 Å². The largest absolute Gasteiger partial charge is 0.399 e. The molecule has 0 amide bonds. The number of aliphatic hydroxyl groups is 1. The molecule has 0 saturated carbocycles. The zero-order valence-electron chi connectivity index (χ0n) is 11.2. The minimum atomic E-state index is -0.830. The maximum Gasteiger partial charge on any atom is 0.153 e. The first-order chi connectivity index (χ1) is 9.06. The van der Waals surface area contributed by atoms with Crippen molar-refractivity contribution in [3.05, 3.63) is 65.2 Å². The van der Waals surface area contributed by atoms with Gasteiger partial charge in [0.15, 0.2) is 6.29 Å². The molecule has 2 aromatic rings. The lowest BCUT2D eigenvalue weighted by atomic mass is 10.00. The number of nitrogen functional groups attached to an aromatic ring is 1. The monoisotopic (exact) mass is 257 g/mol. The van der Waals surface area contributed by atoms with Gasteiger partial charge in [0.25, 0.3) is 0 Å². The minimum absolute atomic E-state index is 0.291. The third kappa shape index (κ3) is 3.56. The average Bonchev–Trinajstić information content (AvgIpc) is 2.38. The summed E-state index contributed by atoms with van der Waals surface area (Å²) in [7, 11) is 0. The second-order valence-corrected chi connectivity index (χ2v) is 4.69. The molecule has 2 aromatic carbocycles. The molecule has 0 aliphatic rings. The molecule has 3 N–H and O–H groups in total. The summed E-state index contributed by atoms with van der Waals surface area (Å²) in [5.74, 6) is 0. The molecule has 2 atom stereocenters. The van der Waals surface area contributed by atoms with Crippen LogP contribution in [0.4, 0.5) is 5.69 Å². The molecule has 0 fully saturated rings. The van der Waals surface area contributed by atoms with Gasteiger partial charge in [0, 0.05) is 5.69 Å². The molecule has 0 radical (unpaired) electrons. The second kappa shape index (κ2) is 5.87. The van der Waals surface area contributed by atoms with Crippen molar-refractivity contribution < 1.29 is 9.84 Å². The molecule has 0 aromatic heterocycles. The Kier molecular flexibility index (Phi) is 4.20. The number of ether oxygens (including phenoxy) is 1. The standard InChI is InChI=1S/C16H19NO2/c1-11-3-5-13(6-4-11)16(19-12(2)18)14-7-9-15(17)10-8-14/h3-10,12,16,18H,17H2,1-2H3. The first kappa shape index (κ1) is 13.6. The summed E-state index contributed by atoms with van der Waals surface area (Å²) < 4.78 is 5.62. The zero-order valence-corrected chi connectivity index (χ0v) is 11.2. The van der Waals surface area contributed by atoms with E-state index in [9.17, 15) is 5.11 Å². The number of hydrogen-bond donors (Lipinski definition) is 2. The number of aliphatic hydroxyl groups excluding tert-OH is 1. The predicted molar refractivity (Wildman–Crippen MR) is 76.6 cm³/mol. The van der Waals surface area contributed by atoms with Crippen molar-refractivity contribution >= 4 is 5.69 Å². The molecule has 0 heterocycles. The lowest BCUT2D eigenvalue weighted by Crippen LogP contribution is -2.14. The second-order valence-electron chi connectivity index (χ2n) is 4.69. The third-order valence-corrected chi connectivity index (χ3v) is 2.95. The molecule has 0 bridgehead atoms. The van der Waals surface area contributed by atoms with E-state index in [1.54, 1.807) is 6.92 Å². The SMILES string of the molecule is Cc1ccc(C(OC(C)O)c2ccc(N)cc2)cc1. The Hall–Kier alpha value is -1.84. The molecule has 0 saturated heterocycles.